The van der Waals surface area contributed by atoms with Gasteiger partial charge in [-0.2, -0.15) is 5.10 Å². The van der Waals surface area contributed by atoms with Gasteiger partial charge in [-0.05, 0) is 47.5 Å². The van der Waals surface area contributed by atoms with Crippen molar-refractivity contribution in [3.8, 4) is 5.75 Å². The number of hydrogen-bond acceptors (Lipinski definition) is 2. The van der Waals surface area contributed by atoms with Crippen LogP contribution in [0.5, 0.6) is 5.75 Å². The van der Waals surface area contributed by atoms with Crippen LogP contribution in [0.25, 0.3) is 0 Å². The molecule has 19 heavy (non-hydrogen) atoms. The van der Waals surface area contributed by atoms with E-state index >= 15 is 0 Å². The normalized spacial score (nSPS) is 10.7. The Morgan fingerprint density at radius 3 is 2.53 bits per heavy atom. The molecule has 0 atom stereocenters. The molecular weight excluding hydrogens is 372 g/mol. The van der Waals surface area contributed by atoms with E-state index < -0.39 is 0 Å². The maximum absolute atomic E-state index is 5.82. The number of nitrogens with zero attached hydrogens (tertiary/aromatic N) is 2. The SMILES string of the molecule is CCn1nc(C)c(Br)c1COc1ccc(CBr)cc1. The highest BCUT2D eigenvalue weighted by molar-refractivity contribution is 9.10. The van der Waals surface area contributed by atoms with E-state index in [2.05, 4.69) is 56.0 Å². The predicted octanol–water partition coefficient (Wildman–Crippen LogP) is 4.45. The molecular formula is C14H16Br2N2O. The van der Waals surface area contributed by atoms with Crippen LogP contribution in [0.15, 0.2) is 28.7 Å². The molecule has 0 aliphatic heterocycles. The third-order valence-corrected chi connectivity index (χ3v) is 4.59. The minimum atomic E-state index is 0.517. The van der Waals surface area contributed by atoms with E-state index in [-0.39, 0.29) is 0 Å². The summed E-state index contributed by atoms with van der Waals surface area (Å²) in [6.07, 6.45) is 0. The summed E-state index contributed by atoms with van der Waals surface area (Å²) in [6.45, 7) is 5.42. The molecule has 2 aromatic rings. The first-order valence-electron chi connectivity index (χ1n) is 6.15. The summed E-state index contributed by atoms with van der Waals surface area (Å²) in [7, 11) is 0. The Kier molecular flexibility index (Phi) is 5.05. The molecule has 2 rings (SSSR count). The van der Waals surface area contributed by atoms with Crippen LogP contribution in [0.2, 0.25) is 0 Å². The minimum Gasteiger partial charge on any atom is -0.487 e. The van der Waals surface area contributed by atoms with E-state index in [0.29, 0.717) is 6.61 Å². The summed E-state index contributed by atoms with van der Waals surface area (Å²) in [5.74, 6) is 0.873. The summed E-state index contributed by atoms with van der Waals surface area (Å²) in [6, 6.07) is 8.09. The molecule has 5 heteroatoms. The van der Waals surface area contributed by atoms with Gasteiger partial charge >= 0.3 is 0 Å². The zero-order valence-corrected chi connectivity index (χ0v) is 14.2. The van der Waals surface area contributed by atoms with Gasteiger partial charge in [-0.25, -0.2) is 0 Å². The Morgan fingerprint density at radius 1 is 1.26 bits per heavy atom. The molecule has 0 radical (unpaired) electrons. The zero-order chi connectivity index (χ0) is 13.8. The lowest BCUT2D eigenvalue weighted by molar-refractivity contribution is 0.291. The van der Waals surface area contributed by atoms with Crippen molar-refractivity contribution in [3.05, 3.63) is 45.7 Å². The third kappa shape index (κ3) is 3.39. The molecule has 1 aromatic carbocycles. The molecule has 0 unspecified atom stereocenters. The van der Waals surface area contributed by atoms with E-state index in [4.69, 9.17) is 4.74 Å². The molecule has 1 heterocycles. The predicted molar refractivity (Wildman–Crippen MR) is 83.7 cm³/mol. The topological polar surface area (TPSA) is 27.1 Å². The zero-order valence-electron chi connectivity index (χ0n) is 11.0. The Hall–Kier alpha value is -0.810. The first kappa shape index (κ1) is 14.6. The molecule has 0 bridgehead atoms. The quantitative estimate of drug-likeness (QED) is 0.708. The van der Waals surface area contributed by atoms with Crippen LogP contribution in [0, 0.1) is 6.92 Å². The summed E-state index contributed by atoms with van der Waals surface area (Å²) in [4.78, 5) is 0. The summed E-state index contributed by atoms with van der Waals surface area (Å²) in [5, 5.41) is 5.31. The largest absolute Gasteiger partial charge is 0.487 e. The van der Waals surface area contributed by atoms with Gasteiger partial charge in [-0.3, -0.25) is 4.68 Å². The molecule has 0 aliphatic rings. The van der Waals surface area contributed by atoms with Crippen molar-refractivity contribution >= 4 is 31.9 Å². The van der Waals surface area contributed by atoms with Gasteiger partial charge in [0, 0.05) is 11.9 Å². The Morgan fingerprint density at radius 2 is 1.95 bits per heavy atom. The van der Waals surface area contributed by atoms with Crippen molar-refractivity contribution in [1.82, 2.24) is 9.78 Å². The maximum Gasteiger partial charge on any atom is 0.131 e. The number of aromatic nitrogens is 2. The smallest absolute Gasteiger partial charge is 0.131 e. The van der Waals surface area contributed by atoms with Gasteiger partial charge in [0.2, 0.25) is 0 Å². The monoisotopic (exact) mass is 386 g/mol. The summed E-state index contributed by atoms with van der Waals surface area (Å²) < 4.78 is 8.82. The van der Waals surface area contributed by atoms with Crippen LogP contribution < -0.4 is 4.74 Å². The van der Waals surface area contributed by atoms with Crippen molar-refractivity contribution in [2.45, 2.75) is 32.3 Å². The van der Waals surface area contributed by atoms with Gasteiger partial charge in [0.25, 0.3) is 0 Å². The van der Waals surface area contributed by atoms with Crippen LogP contribution in [0.3, 0.4) is 0 Å². The van der Waals surface area contributed by atoms with Crippen molar-refractivity contribution in [2.75, 3.05) is 0 Å². The number of ether oxygens (including phenoxy) is 1. The molecule has 3 nitrogen and oxygen atoms in total. The Labute approximate surface area is 130 Å². The fraction of sp³-hybridized carbons (Fsp3) is 0.357. The number of halogens is 2. The van der Waals surface area contributed by atoms with Crippen LogP contribution >= 0.6 is 31.9 Å². The standard InChI is InChI=1S/C14H16Br2N2O/c1-3-18-13(14(16)10(2)17-18)9-19-12-6-4-11(8-15)5-7-12/h4-7H,3,8-9H2,1-2H3. The van der Waals surface area contributed by atoms with E-state index in [9.17, 15) is 0 Å². The van der Waals surface area contributed by atoms with Crippen LogP contribution in [-0.4, -0.2) is 9.78 Å². The number of benzene rings is 1. The second-order valence-corrected chi connectivity index (χ2v) is 5.58. The van der Waals surface area contributed by atoms with E-state index in [1.54, 1.807) is 0 Å². The summed E-state index contributed by atoms with van der Waals surface area (Å²) >= 11 is 7.00. The fourth-order valence-corrected chi connectivity index (χ4v) is 2.61. The first-order chi connectivity index (χ1) is 9.15. The molecule has 102 valence electrons. The van der Waals surface area contributed by atoms with Gasteiger partial charge in [-0.1, -0.05) is 28.1 Å². The molecule has 0 saturated carbocycles. The van der Waals surface area contributed by atoms with Gasteiger partial charge in [-0.15, -0.1) is 0 Å². The lowest BCUT2D eigenvalue weighted by atomic mass is 10.2. The fourth-order valence-electron chi connectivity index (χ4n) is 1.83. The Balaban J connectivity index is 2.09. The number of aryl methyl sites for hydroxylation is 2. The van der Waals surface area contributed by atoms with E-state index in [1.807, 2.05) is 23.7 Å². The number of alkyl halides is 1. The van der Waals surface area contributed by atoms with Crippen LogP contribution in [-0.2, 0) is 18.5 Å². The molecule has 0 saturated heterocycles. The summed E-state index contributed by atoms with van der Waals surface area (Å²) in [5.41, 5.74) is 3.31. The molecule has 0 amide bonds. The molecule has 1 aromatic heterocycles. The lowest BCUT2D eigenvalue weighted by Gasteiger charge is -2.09. The number of hydrogen-bond donors (Lipinski definition) is 0. The van der Waals surface area contributed by atoms with Gasteiger partial charge in [0.1, 0.15) is 12.4 Å². The van der Waals surface area contributed by atoms with Crippen molar-refractivity contribution in [2.24, 2.45) is 0 Å². The van der Waals surface area contributed by atoms with E-state index in [1.165, 1.54) is 5.56 Å². The molecule has 0 fully saturated rings. The van der Waals surface area contributed by atoms with Gasteiger partial charge in [0.15, 0.2) is 0 Å². The van der Waals surface area contributed by atoms with Crippen LogP contribution in [0.4, 0.5) is 0 Å². The highest BCUT2D eigenvalue weighted by Gasteiger charge is 2.12. The third-order valence-electron chi connectivity index (χ3n) is 2.91. The first-order valence-corrected chi connectivity index (χ1v) is 8.06. The number of rotatable bonds is 5. The molecule has 0 spiro atoms. The van der Waals surface area contributed by atoms with Gasteiger partial charge in [0.05, 0.1) is 15.9 Å². The highest BCUT2D eigenvalue weighted by Crippen LogP contribution is 2.23. The minimum absolute atomic E-state index is 0.517. The highest BCUT2D eigenvalue weighted by atomic mass is 79.9. The van der Waals surface area contributed by atoms with Crippen molar-refractivity contribution in [1.29, 1.82) is 0 Å². The molecule has 0 aliphatic carbocycles. The second-order valence-electron chi connectivity index (χ2n) is 4.23. The van der Waals surface area contributed by atoms with E-state index in [0.717, 1.165) is 33.5 Å². The molecule has 0 N–H and O–H groups in total. The average Bonchev–Trinajstić information content (AvgIpc) is 2.72. The van der Waals surface area contributed by atoms with Crippen molar-refractivity contribution < 1.29 is 4.74 Å². The second kappa shape index (κ2) is 6.57. The lowest BCUT2D eigenvalue weighted by Crippen LogP contribution is -2.06. The van der Waals surface area contributed by atoms with Gasteiger partial charge < -0.3 is 4.74 Å². The van der Waals surface area contributed by atoms with Crippen LogP contribution in [0.1, 0.15) is 23.9 Å². The average molecular weight is 388 g/mol. The van der Waals surface area contributed by atoms with Crippen molar-refractivity contribution in [3.63, 3.8) is 0 Å². The maximum atomic E-state index is 5.82. The Bertz CT molecular complexity index is 549.